The van der Waals surface area contributed by atoms with Gasteiger partial charge in [0, 0.05) is 56.0 Å². The van der Waals surface area contributed by atoms with Crippen molar-refractivity contribution in [1.29, 1.82) is 5.41 Å². The first-order valence-electron chi connectivity index (χ1n) is 14.5. The Labute approximate surface area is 231 Å². The minimum Gasteiger partial charge on any atom is -0.387 e. The lowest BCUT2D eigenvalue weighted by Gasteiger charge is -2.33. The number of allylic oxidation sites excluding steroid dienone is 1. The summed E-state index contributed by atoms with van der Waals surface area (Å²) in [7, 11) is 0. The van der Waals surface area contributed by atoms with Gasteiger partial charge >= 0.3 is 0 Å². The second-order valence-corrected chi connectivity index (χ2v) is 11.7. The highest BCUT2D eigenvalue weighted by Gasteiger charge is 2.37. The van der Waals surface area contributed by atoms with Gasteiger partial charge in [-0.25, -0.2) is 0 Å². The molecule has 0 aromatic heterocycles. The lowest BCUT2D eigenvalue weighted by Crippen LogP contribution is -2.50. The molecule has 2 aliphatic heterocycles. The molecule has 1 spiro atoms. The molecule has 1 atom stereocenters. The number of amides is 2. The van der Waals surface area contributed by atoms with Crippen LogP contribution in [0, 0.1) is 17.2 Å². The van der Waals surface area contributed by atoms with Crippen molar-refractivity contribution in [3.05, 3.63) is 47.2 Å². The third-order valence-electron chi connectivity index (χ3n) is 9.04. The molecule has 8 nitrogen and oxygen atoms in total. The van der Waals surface area contributed by atoms with Gasteiger partial charge in [0.25, 0.3) is 5.91 Å². The number of carbonyl (C=O) groups is 2. The fourth-order valence-electron chi connectivity index (χ4n) is 6.45. The maximum Gasteiger partial charge on any atom is 0.254 e. The lowest BCUT2D eigenvalue weighted by atomic mass is 9.76. The lowest BCUT2D eigenvalue weighted by molar-refractivity contribution is -0.125. The van der Waals surface area contributed by atoms with Gasteiger partial charge in [0.1, 0.15) is 6.04 Å². The van der Waals surface area contributed by atoms with Gasteiger partial charge < -0.3 is 30.8 Å². The molecular formula is C31H42N4O4. The number of hydrogen-bond acceptors (Lipinski definition) is 6. The maximum absolute atomic E-state index is 13.7. The Morgan fingerprint density at radius 3 is 2.46 bits per heavy atom. The van der Waals surface area contributed by atoms with Crippen molar-refractivity contribution in [3.8, 4) is 0 Å². The molecule has 2 amide bonds. The second-order valence-electron chi connectivity index (χ2n) is 11.7. The normalized spacial score (nSPS) is 25.5. The summed E-state index contributed by atoms with van der Waals surface area (Å²) in [5.74, 6) is 0.0804. The molecule has 5 rings (SSSR count). The molecule has 1 aromatic rings. The fraction of sp³-hybridized carbons (Fsp3) is 0.581. The Kier molecular flexibility index (Phi) is 8.82. The molecule has 1 aromatic carbocycles. The summed E-state index contributed by atoms with van der Waals surface area (Å²) in [4.78, 5) is 26.9. The third kappa shape index (κ3) is 6.44. The average Bonchev–Trinajstić information content (AvgIpc) is 3.30. The zero-order valence-corrected chi connectivity index (χ0v) is 23.0. The first kappa shape index (κ1) is 27.6. The van der Waals surface area contributed by atoms with Gasteiger partial charge in [-0.3, -0.25) is 9.59 Å². The molecule has 0 bridgehead atoms. The number of hydrogen-bond donors (Lipinski definition) is 4. The standard InChI is InChI=1S/C31H42N4O4/c1-21-2-4-22(5-3-21)28(35-29(36)24(19-32)20-33-25-9-14-38-15-10-25)30(37)34-26-6-7-27-23(18-26)8-11-31(27)12-16-39-17-13-31/h6-8,11,18-22,25,28,32-33H,2-5,9-10,12-17H2,1H3,(H,34,37)(H,35,36)/b24-20+,32-19?. The SMILES string of the molecule is CC1CCC(C(NC(=O)/C(C=N)=C/NC2CCOCC2)C(=O)Nc2ccc3c(c2)C=CC32CCOCC2)CC1. The minimum atomic E-state index is -0.665. The number of fused-ring (bicyclic) bond motifs is 2. The van der Waals surface area contributed by atoms with Gasteiger partial charge in [0.05, 0.1) is 5.57 Å². The summed E-state index contributed by atoms with van der Waals surface area (Å²) in [5.41, 5.74) is 3.43. The predicted octanol–water partition coefficient (Wildman–Crippen LogP) is 4.31. The third-order valence-corrected chi connectivity index (χ3v) is 9.04. The monoisotopic (exact) mass is 534 g/mol. The number of rotatable bonds is 8. The zero-order valence-electron chi connectivity index (χ0n) is 23.0. The molecular weight excluding hydrogens is 492 g/mol. The molecule has 2 saturated heterocycles. The first-order chi connectivity index (χ1) is 19.0. The molecule has 1 saturated carbocycles. The van der Waals surface area contributed by atoms with E-state index in [4.69, 9.17) is 14.9 Å². The topological polar surface area (TPSA) is 113 Å². The van der Waals surface area contributed by atoms with Crippen LogP contribution < -0.4 is 16.0 Å². The largest absolute Gasteiger partial charge is 0.387 e. The van der Waals surface area contributed by atoms with E-state index < -0.39 is 11.9 Å². The van der Waals surface area contributed by atoms with E-state index in [0.29, 0.717) is 19.1 Å². The van der Waals surface area contributed by atoms with Crippen molar-refractivity contribution in [2.24, 2.45) is 11.8 Å². The van der Waals surface area contributed by atoms with Gasteiger partial charge in [-0.1, -0.05) is 38.0 Å². The summed E-state index contributed by atoms with van der Waals surface area (Å²) in [5, 5.41) is 17.2. The number of benzene rings is 1. The van der Waals surface area contributed by atoms with Crippen molar-refractivity contribution in [1.82, 2.24) is 10.6 Å². The number of ether oxygens (including phenoxy) is 2. The van der Waals surface area contributed by atoms with E-state index in [1.54, 1.807) is 6.20 Å². The fourth-order valence-corrected chi connectivity index (χ4v) is 6.45. The summed E-state index contributed by atoms with van der Waals surface area (Å²) in [6, 6.07) is 5.70. The van der Waals surface area contributed by atoms with E-state index in [0.717, 1.165) is 82.0 Å². The van der Waals surface area contributed by atoms with Crippen molar-refractivity contribution >= 4 is 29.8 Å². The molecule has 2 heterocycles. The zero-order chi connectivity index (χ0) is 27.2. The minimum absolute atomic E-state index is 0.0413. The highest BCUT2D eigenvalue weighted by Crippen LogP contribution is 2.44. The van der Waals surface area contributed by atoms with Gasteiger partial charge in [-0.05, 0) is 73.6 Å². The molecule has 210 valence electrons. The molecule has 0 radical (unpaired) electrons. The molecule has 3 fully saturated rings. The maximum atomic E-state index is 13.7. The highest BCUT2D eigenvalue weighted by molar-refractivity contribution is 6.12. The van der Waals surface area contributed by atoms with Crippen molar-refractivity contribution < 1.29 is 19.1 Å². The summed E-state index contributed by atoms with van der Waals surface area (Å²) >= 11 is 0. The molecule has 4 N–H and O–H groups in total. The average molecular weight is 535 g/mol. The van der Waals surface area contributed by atoms with Gasteiger partial charge in [0.2, 0.25) is 5.91 Å². The van der Waals surface area contributed by atoms with E-state index >= 15 is 0 Å². The first-order valence-corrected chi connectivity index (χ1v) is 14.5. The van der Waals surface area contributed by atoms with Crippen molar-refractivity contribution in [3.63, 3.8) is 0 Å². The summed E-state index contributed by atoms with van der Waals surface area (Å²) in [6.07, 6.45) is 14.6. The number of anilines is 1. The van der Waals surface area contributed by atoms with Crippen LogP contribution in [0.15, 0.2) is 36.0 Å². The van der Waals surface area contributed by atoms with Crippen LogP contribution in [0.1, 0.15) is 69.4 Å². The van der Waals surface area contributed by atoms with Crippen LogP contribution in [-0.2, 0) is 24.5 Å². The summed E-state index contributed by atoms with van der Waals surface area (Å²) < 4.78 is 11.0. The number of carbonyl (C=O) groups excluding carboxylic acids is 2. The van der Waals surface area contributed by atoms with Crippen LogP contribution in [-0.4, -0.2) is 56.5 Å². The quantitative estimate of drug-likeness (QED) is 0.293. The van der Waals surface area contributed by atoms with E-state index in [1.165, 1.54) is 5.56 Å². The van der Waals surface area contributed by atoms with E-state index in [-0.39, 0.29) is 28.9 Å². The van der Waals surface area contributed by atoms with E-state index in [9.17, 15) is 9.59 Å². The predicted molar refractivity (Wildman–Crippen MR) is 153 cm³/mol. The molecule has 4 aliphatic rings. The molecule has 1 unspecified atom stereocenters. The van der Waals surface area contributed by atoms with Gasteiger partial charge in [-0.15, -0.1) is 0 Å². The van der Waals surface area contributed by atoms with Crippen LogP contribution in [0.25, 0.3) is 6.08 Å². The Balaban J connectivity index is 1.29. The Bertz CT molecular complexity index is 1110. The van der Waals surface area contributed by atoms with Gasteiger partial charge in [-0.2, -0.15) is 0 Å². The van der Waals surface area contributed by atoms with Crippen LogP contribution in [0.4, 0.5) is 5.69 Å². The Morgan fingerprint density at radius 2 is 1.74 bits per heavy atom. The second kappa shape index (κ2) is 12.5. The van der Waals surface area contributed by atoms with Gasteiger partial charge in [0.15, 0.2) is 0 Å². The molecule has 39 heavy (non-hydrogen) atoms. The Hall–Kier alpha value is -2.97. The van der Waals surface area contributed by atoms with Crippen molar-refractivity contribution in [2.45, 2.75) is 75.8 Å². The Morgan fingerprint density at radius 1 is 1.03 bits per heavy atom. The van der Waals surface area contributed by atoms with E-state index in [2.05, 4.69) is 41.1 Å². The van der Waals surface area contributed by atoms with Crippen LogP contribution >= 0.6 is 0 Å². The smallest absolute Gasteiger partial charge is 0.254 e. The van der Waals surface area contributed by atoms with Crippen LogP contribution in [0.2, 0.25) is 0 Å². The number of nitrogens with one attached hydrogen (secondary N) is 4. The highest BCUT2D eigenvalue weighted by atomic mass is 16.5. The molecule has 8 heteroatoms. The van der Waals surface area contributed by atoms with E-state index in [1.807, 2.05) is 12.1 Å². The van der Waals surface area contributed by atoms with Crippen LogP contribution in [0.5, 0.6) is 0 Å². The van der Waals surface area contributed by atoms with Crippen molar-refractivity contribution in [2.75, 3.05) is 31.7 Å². The molecule has 2 aliphatic carbocycles. The summed E-state index contributed by atoms with van der Waals surface area (Å²) in [6.45, 7) is 5.15. The van der Waals surface area contributed by atoms with Crippen LogP contribution in [0.3, 0.4) is 0 Å².